The van der Waals surface area contributed by atoms with Gasteiger partial charge in [-0.05, 0) is 47.7 Å². The molecule has 126 valence electrons. The molecule has 0 heterocycles. The van der Waals surface area contributed by atoms with Crippen molar-refractivity contribution in [1.29, 1.82) is 0 Å². The van der Waals surface area contributed by atoms with Crippen LogP contribution in [-0.2, 0) is 17.5 Å². The average Bonchev–Trinajstić information content (AvgIpc) is 3.33. The summed E-state index contributed by atoms with van der Waals surface area (Å²) in [6, 6.07) is 10.9. The number of amides is 1. The van der Waals surface area contributed by atoms with Gasteiger partial charge in [0.1, 0.15) is 5.82 Å². The second kappa shape index (κ2) is 6.26. The molecule has 0 spiro atoms. The van der Waals surface area contributed by atoms with E-state index in [1.54, 1.807) is 12.1 Å². The molecule has 0 radical (unpaired) electrons. The second-order valence-corrected chi connectivity index (χ2v) is 5.92. The lowest BCUT2D eigenvalue weighted by atomic mass is 10.1. The standard InChI is InChI=1S/C18H15F4NO/c19-14-3-1-2-11(8-14)10-23-17(24)16-9-15(16)12-4-6-13(7-5-12)18(20,21)22/h1-8,15-16H,9-10H2,(H,23,24). The van der Waals surface area contributed by atoms with Crippen molar-refractivity contribution in [3.8, 4) is 0 Å². The molecular formula is C18H15F4NO. The van der Waals surface area contributed by atoms with E-state index in [0.29, 0.717) is 12.0 Å². The molecule has 1 fully saturated rings. The van der Waals surface area contributed by atoms with E-state index >= 15 is 0 Å². The van der Waals surface area contributed by atoms with Crippen LogP contribution >= 0.6 is 0 Å². The summed E-state index contributed by atoms with van der Waals surface area (Å²) in [5, 5.41) is 2.74. The Bertz CT molecular complexity index is 739. The summed E-state index contributed by atoms with van der Waals surface area (Å²) in [6.07, 6.45) is -3.75. The van der Waals surface area contributed by atoms with Crippen LogP contribution in [0.3, 0.4) is 0 Å². The van der Waals surface area contributed by atoms with Crippen molar-refractivity contribution in [2.45, 2.75) is 25.1 Å². The number of nitrogens with one attached hydrogen (secondary N) is 1. The largest absolute Gasteiger partial charge is 0.416 e. The van der Waals surface area contributed by atoms with Gasteiger partial charge in [-0.25, -0.2) is 4.39 Å². The molecule has 6 heteroatoms. The molecule has 1 amide bonds. The Hall–Kier alpha value is -2.37. The minimum Gasteiger partial charge on any atom is -0.352 e. The zero-order valence-corrected chi connectivity index (χ0v) is 12.6. The van der Waals surface area contributed by atoms with Gasteiger partial charge >= 0.3 is 6.18 Å². The van der Waals surface area contributed by atoms with Crippen LogP contribution in [-0.4, -0.2) is 5.91 Å². The monoisotopic (exact) mass is 337 g/mol. The van der Waals surface area contributed by atoms with Crippen LogP contribution in [0.5, 0.6) is 0 Å². The maximum absolute atomic E-state index is 13.1. The van der Waals surface area contributed by atoms with Gasteiger partial charge in [-0.15, -0.1) is 0 Å². The zero-order chi connectivity index (χ0) is 17.3. The summed E-state index contributed by atoms with van der Waals surface area (Å²) in [6.45, 7) is 0.229. The summed E-state index contributed by atoms with van der Waals surface area (Å²) in [5.74, 6) is -0.824. The first-order chi connectivity index (χ1) is 11.3. The number of benzene rings is 2. The molecule has 1 saturated carbocycles. The van der Waals surface area contributed by atoms with Crippen LogP contribution in [0.25, 0.3) is 0 Å². The van der Waals surface area contributed by atoms with Crippen LogP contribution in [0.1, 0.15) is 29.0 Å². The van der Waals surface area contributed by atoms with Crippen LogP contribution in [0.2, 0.25) is 0 Å². The lowest BCUT2D eigenvalue weighted by Gasteiger charge is -2.08. The molecule has 2 aromatic rings. The molecule has 1 aliphatic carbocycles. The van der Waals surface area contributed by atoms with Crippen molar-refractivity contribution < 1.29 is 22.4 Å². The summed E-state index contributed by atoms with van der Waals surface area (Å²) < 4.78 is 50.7. The van der Waals surface area contributed by atoms with Crippen molar-refractivity contribution >= 4 is 5.91 Å². The van der Waals surface area contributed by atoms with E-state index in [2.05, 4.69) is 5.32 Å². The molecule has 3 rings (SSSR count). The Morgan fingerprint density at radius 2 is 1.83 bits per heavy atom. The maximum atomic E-state index is 13.1. The minimum absolute atomic E-state index is 0.0557. The zero-order valence-electron chi connectivity index (χ0n) is 12.6. The number of hydrogen-bond donors (Lipinski definition) is 1. The van der Waals surface area contributed by atoms with Gasteiger partial charge in [-0.2, -0.15) is 13.2 Å². The second-order valence-electron chi connectivity index (χ2n) is 5.92. The average molecular weight is 337 g/mol. The fourth-order valence-corrected chi connectivity index (χ4v) is 2.74. The van der Waals surface area contributed by atoms with Gasteiger partial charge in [0.15, 0.2) is 0 Å². The van der Waals surface area contributed by atoms with Crippen molar-refractivity contribution in [3.63, 3.8) is 0 Å². The first kappa shape index (κ1) is 16.5. The number of rotatable bonds is 4. The SMILES string of the molecule is O=C(NCc1cccc(F)c1)C1CC1c1ccc(C(F)(F)F)cc1. The number of hydrogen-bond acceptors (Lipinski definition) is 1. The Morgan fingerprint density at radius 1 is 1.12 bits per heavy atom. The van der Waals surface area contributed by atoms with E-state index in [9.17, 15) is 22.4 Å². The third-order valence-electron chi connectivity index (χ3n) is 4.15. The van der Waals surface area contributed by atoms with Crippen LogP contribution in [0.15, 0.2) is 48.5 Å². The Labute approximate surface area is 136 Å². The normalized spacial score (nSPS) is 19.8. The van der Waals surface area contributed by atoms with Gasteiger partial charge in [0.2, 0.25) is 5.91 Å². The van der Waals surface area contributed by atoms with Gasteiger partial charge in [0, 0.05) is 12.5 Å². The summed E-state index contributed by atoms with van der Waals surface area (Å²) >= 11 is 0. The summed E-state index contributed by atoms with van der Waals surface area (Å²) in [4.78, 5) is 12.1. The molecule has 1 N–H and O–H groups in total. The van der Waals surface area contributed by atoms with E-state index < -0.39 is 11.7 Å². The maximum Gasteiger partial charge on any atom is 0.416 e. The highest BCUT2D eigenvalue weighted by molar-refractivity contribution is 5.82. The van der Waals surface area contributed by atoms with Gasteiger partial charge in [-0.3, -0.25) is 4.79 Å². The first-order valence-corrected chi connectivity index (χ1v) is 7.54. The molecular weight excluding hydrogens is 322 g/mol. The Morgan fingerprint density at radius 3 is 2.46 bits per heavy atom. The smallest absolute Gasteiger partial charge is 0.352 e. The van der Waals surface area contributed by atoms with E-state index in [4.69, 9.17) is 0 Å². The van der Waals surface area contributed by atoms with E-state index in [-0.39, 0.29) is 30.1 Å². The molecule has 2 unspecified atom stereocenters. The topological polar surface area (TPSA) is 29.1 Å². The fraction of sp³-hybridized carbons (Fsp3) is 0.278. The molecule has 1 aliphatic rings. The third-order valence-corrected chi connectivity index (χ3v) is 4.15. The van der Waals surface area contributed by atoms with Gasteiger partial charge in [0.25, 0.3) is 0 Å². The molecule has 0 aliphatic heterocycles. The van der Waals surface area contributed by atoms with E-state index in [1.165, 1.54) is 24.3 Å². The lowest BCUT2D eigenvalue weighted by molar-refractivity contribution is -0.137. The van der Waals surface area contributed by atoms with Crippen molar-refractivity contribution in [3.05, 3.63) is 71.0 Å². The number of carbonyl (C=O) groups is 1. The molecule has 2 aromatic carbocycles. The third kappa shape index (κ3) is 3.75. The fourth-order valence-electron chi connectivity index (χ4n) is 2.74. The van der Waals surface area contributed by atoms with Crippen molar-refractivity contribution in [2.24, 2.45) is 5.92 Å². The van der Waals surface area contributed by atoms with Crippen LogP contribution < -0.4 is 5.32 Å². The Kier molecular flexibility index (Phi) is 4.30. The van der Waals surface area contributed by atoms with Gasteiger partial charge in [-0.1, -0.05) is 24.3 Å². The van der Waals surface area contributed by atoms with Crippen molar-refractivity contribution in [1.82, 2.24) is 5.32 Å². The number of halogens is 4. The van der Waals surface area contributed by atoms with Crippen LogP contribution in [0.4, 0.5) is 17.6 Å². The quantitative estimate of drug-likeness (QED) is 0.830. The van der Waals surface area contributed by atoms with Crippen molar-refractivity contribution in [2.75, 3.05) is 0 Å². The lowest BCUT2D eigenvalue weighted by Crippen LogP contribution is -2.24. The minimum atomic E-state index is -4.36. The molecule has 0 aromatic heterocycles. The highest BCUT2D eigenvalue weighted by atomic mass is 19.4. The highest BCUT2D eigenvalue weighted by Gasteiger charge is 2.44. The van der Waals surface area contributed by atoms with Gasteiger partial charge < -0.3 is 5.32 Å². The van der Waals surface area contributed by atoms with Gasteiger partial charge in [0.05, 0.1) is 5.56 Å². The molecule has 24 heavy (non-hydrogen) atoms. The molecule has 2 nitrogen and oxygen atoms in total. The number of alkyl halides is 3. The summed E-state index contributed by atoms with van der Waals surface area (Å²) in [5.41, 5.74) is 0.697. The van der Waals surface area contributed by atoms with Crippen LogP contribution in [0, 0.1) is 11.7 Å². The molecule has 2 atom stereocenters. The summed E-state index contributed by atoms with van der Waals surface area (Å²) in [7, 11) is 0. The molecule has 0 saturated heterocycles. The molecule has 0 bridgehead atoms. The van der Waals surface area contributed by atoms with E-state index in [0.717, 1.165) is 17.7 Å². The van der Waals surface area contributed by atoms with E-state index in [1.807, 2.05) is 0 Å². The predicted molar refractivity (Wildman–Crippen MR) is 80.5 cm³/mol. The first-order valence-electron chi connectivity index (χ1n) is 7.54. The highest BCUT2D eigenvalue weighted by Crippen LogP contribution is 2.48. The Balaban J connectivity index is 1.55. The number of carbonyl (C=O) groups excluding carboxylic acids is 1. The predicted octanol–water partition coefficient (Wildman–Crippen LogP) is 4.26.